The lowest BCUT2D eigenvalue weighted by Gasteiger charge is -2.34. The lowest BCUT2D eigenvalue weighted by atomic mass is 9.69. The SMILES string of the molecule is C=C(C)c1cccc(C(C)(C)NC(=O)OCCOC(=O)C(C)(C)CC(CC(C)(CC)C(C)=O)c2ccccc2)c1. The van der Waals surface area contributed by atoms with Crippen molar-refractivity contribution in [3.8, 4) is 0 Å². The molecule has 6 heteroatoms. The van der Waals surface area contributed by atoms with Gasteiger partial charge in [-0.2, -0.15) is 0 Å². The predicted molar refractivity (Wildman–Crippen MR) is 161 cm³/mol. The van der Waals surface area contributed by atoms with Crippen LogP contribution in [0.25, 0.3) is 5.57 Å². The van der Waals surface area contributed by atoms with Crippen molar-refractivity contribution >= 4 is 23.4 Å². The summed E-state index contributed by atoms with van der Waals surface area (Å²) in [6.07, 6.45) is 1.31. The summed E-state index contributed by atoms with van der Waals surface area (Å²) in [5, 5.41) is 2.88. The number of alkyl carbamates (subject to hydrolysis) is 1. The van der Waals surface area contributed by atoms with Crippen LogP contribution < -0.4 is 5.32 Å². The first-order chi connectivity index (χ1) is 18.6. The second-order valence-electron chi connectivity index (χ2n) is 12.3. The largest absolute Gasteiger partial charge is 0.462 e. The van der Waals surface area contributed by atoms with Gasteiger partial charge in [0.25, 0.3) is 0 Å². The summed E-state index contributed by atoms with van der Waals surface area (Å²) in [4.78, 5) is 38.0. The maximum absolute atomic E-state index is 13.1. The van der Waals surface area contributed by atoms with E-state index in [1.807, 2.05) is 103 Å². The highest BCUT2D eigenvalue weighted by Crippen LogP contribution is 2.42. The van der Waals surface area contributed by atoms with Gasteiger partial charge in [-0.15, -0.1) is 0 Å². The summed E-state index contributed by atoms with van der Waals surface area (Å²) < 4.78 is 10.8. The van der Waals surface area contributed by atoms with Crippen LogP contribution in [0.15, 0.2) is 61.2 Å². The molecule has 0 bridgehead atoms. The van der Waals surface area contributed by atoms with E-state index in [4.69, 9.17) is 9.47 Å². The molecule has 2 aromatic rings. The fourth-order valence-corrected chi connectivity index (χ4v) is 4.81. The number of allylic oxidation sites excluding steroid dienone is 1. The summed E-state index contributed by atoms with van der Waals surface area (Å²) in [6, 6.07) is 17.9. The van der Waals surface area contributed by atoms with E-state index < -0.39 is 22.5 Å². The van der Waals surface area contributed by atoms with Gasteiger partial charge in [0.15, 0.2) is 0 Å². The molecule has 1 N–H and O–H groups in total. The fraction of sp³-hybridized carbons (Fsp3) is 0.500. The van der Waals surface area contributed by atoms with Crippen molar-refractivity contribution in [3.05, 3.63) is 77.9 Å². The number of nitrogens with one attached hydrogen (secondary N) is 1. The highest BCUT2D eigenvalue weighted by Gasteiger charge is 2.38. The average molecular weight is 550 g/mol. The standard InChI is InChI=1S/C34H47NO5/c1-10-34(9,25(4)36)23-28(26-15-12-11-13-16-26)22-32(5,6)30(37)39-19-20-40-31(38)35-33(7,8)29-18-14-17-27(21-29)24(2)3/h11-18,21,28H,2,10,19-20,22-23H2,1,3-9H3,(H,35,38). The Morgan fingerprint density at radius 1 is 0.875 bits per heavy atom. The van der Waals surface area contributed by atoms with Crippen LogP contribution in [0.3, 0.4) is 0 Å². The lowest BCUT2D eigenvalue weighted by Crippen LogP contribution is -2.41. The van der Waals surface area contributed by atoms with E-state index in [9.17, 15) is 14.4 Å². The Labute approximate surface area is 240 Å². The number of carbonyl (C=O) groups is 3. The monoisotopic (exact) mass is 549 g/mol. The van der Waals surface area contributed by atoms with E-state index >= 15 is 0 Å². The van der Waals surface area contributed by atoms with Crippen LogP contribution in [-0.4, -0.2) is 31.1 Å². The molecule has 0 spiro atoms. The Morgan fingerprint density at radius 2 is 1.50 bits per heavy atom. The topological polar surface area (TPSA) is 81.7 Å². The molecule has 0 fully saturated rings. The van der Waals surface area contributed by atoms with Crippen molar-refractivity contribution in [2.24, 2.45) is 10.8 Å². The molecule has 2 atom stereocenters. The van der Waals surface area contributed by atoms with Crippen LogP contribution in [0.4, 0.5) is 4.79 Å². The van der Waals surface area contributed by atoms with Gasteiger partial charge in [-0.1, -0.05) is 74.5 Å². The zero-order chi connectivity index (χ0) is 30.1. The maximum atomic E-state index is 13.1. The van der Waals surface area contributed by atoms with Crippen LogP contribution in [-0.2, 0) is 24.6 Å². The van der Waals surface area contributed by atoms with E-state index in [1.165, 1.54) is 0 Å². The van der Waals surface area contributed by atoms with Gasteiger partial charge in [-0.25, -0.2) is 4.79 Å². The third-order valence-electron chi connectivity index (χ3n) is 7.95. The molecule has 0 aliphatic rings. The van der Waals surface area contributed by atoms with Crippen LogP contribution in [0.2, 0.25) is 0 Å². The van der Waals surface area contributed by atoms with Gasteiger partial charge >= 0.3 is 12.1 Å². The minimum atomic E-state index is -0.801. The van der Waals surface area contributed by atoms with Gasteiger partial charge in [0.1, 0.15) is 19.0 Å². The first-order valence-electron chi connectivity index (χ1n) is 14.1. The third-order valence-corrected chi connectivity index (χ3v) is 7.95. The van der Waals surface area contributed by atoms with Gasteiger partial charge in [0.2, 0.25) is 0 Å². The minimum Gasteiger partial charge on any atom is -0.462 e. The van der Waals surface area contributed by atoms with Gasteiger partial charge in [-0.05, 0) is 89.5 Å². The van der Waals surface area contributed by atoms with Crippen LogP contribution in [0.5, 0.6) is 0 Å². The van der Waals surface area contributed by atoms with Gasteiger partial charge in [0, 0.05) is 5.41 Å². The van der Waals surface area contributed by atoms with Crippen LogP contribution in [0.1, 0.15) is 97.3 Å². The first kappa shape index (κ1) is 32.8. The van der Waals surface area contributed by atoms with E-state index in [1.54, 1.807) is 6.92 Å². The van der Waals surface area contributed by atoms with Crippen molar-refractivity contribution < 1.29 is 23.9 Å². The molecule has 2 unspecified atom stereocenters. The van der Waals surface area contributed by atoms with Gasteiger partial charge in [0.05, 0.1) is 11.0 Å². The lowest BCUT2D eigenvalue weighted by molar-refractivity contribution is -0.155. The number of hydrogen-bond donors (Lipinski definition) is 1. The Hall–Kier alpha value is -3.41. The molecule has 0 saturated carbocycles. The summed E-state index contributed by atoms with van der Waals surface area (Å²) in [5.74, 6) is -0.209. The fourth-order valence-electron chi connectivity index (χ4n) is 4.81. The molecule has 0 radical (unpaired) electrons. The molecular weight excluding hydrogens is 502 g/mol. The summed E-state index contributed by atoms with van der Waals surface area (Å²) in [7, 11) is 0. The Morgan fingerprint density at radius 3 is 2.08 bits per heavy atom. The van der Waals surface area contributed by atoms with Crippen molar-refractivity contribution in [1.29, 1.82) is 0 Å². The molecule has 2 aromatic carbocycles. The zero-order valence-corrected chi connectivity index (χ0v) is 25.6. The third kappa shape index (κ3) is 9.07. The van der Waals surface area contributed by atoms with Crippen molar-refractivity contribution in [2.45, 2.75) is 86.1 Å². The Kier molecular flexibility index (Phi) is 11.3. The molecule has 0 heterocycles. The van der Waals surface area contributed by atoms with E-state index in [0.717, 1.165) is 28.7 Å². The molecule has 40 heavy (non-hydrogen) atoms. The van der Waals surface area contributed by atoms with E-state index in [2.05, 4.69) is 11.9 Å². The number of ketones is 1. The first-order valence-corrected chi connectivity index (χ1v) is 14.1. The highest BCUT2D eigenvalue weighted by atomic mass is 16.6. The van der Waals surface area contributed by atoms with Gasteiger partial charge in [-0.3, -0.25) is 9.59 Å². The number of ether oxygens (including phenoxy) is 2. The van der Waals surface area contributed by atoms with E-state index in [-0.39, 0.29) is 30.9 Å². The number of rotatable bonds is 14. The summed E-state index contributed by atoms with van der Waals surface area (Å²) >= 11 is 0. The minimum absolute atomic E-state index is 0.00485. The number of benzene rings is 2. The van der Waals surface area contributed by atoms with Crippen molar-refractivity contribution in [3.63, 3.8) is 0 Å². The normalized spacial score (nSPS) is 14.0. The van der Waals surface area contributed by atoms with Crippen molar-refractivity contribution in [2.75, 3.05) is 13.2 Å². The van der Waals surface area contributed by atoms with Crippen LogP contribution in [0, 0.1) is 10.8 Å². The molecule has 1 amide bonds. The number of Topliss-reactive ketones (excluding diaryl/α,β-unsaturated/α-hetero) is 1. The summed E-state index contributed by atoms with van der Waals surface area (Å²) in [5.41, 5.74) is 2.03. The quantitative estimate of drug-likeness (QED) is 0.192. The molecule has 0 aromatic heterocycles. The van der Waals surface area contributed by atoms with E-state index in [0.29, 0.717) is 12.8 Å². The van der Waals surface area contributed by atoms with Gasteiger partial charge < -0.3 is 14.8 Å². The number of esters is 1. The molecule has 0 saturated heterocycles. The zero-order valence-electron chi connectivity index (χ0n) is 25.6. The highest BCUT2D eigenvalue weighted by molar-refractivity contribution is 5.82. The Balaban J connectivity index is 1.96. The Bertz CT molecular complexity index is 1180. The molecular formula is C34H47NO5. The number of amides is 1. The summed E-state index contributed by atoms with van der Waals surface area (Å²) in [6.45, 7) is 19.0. The molecule has 0 aliphatic carbocycles. The smallest absolute Gasteiger partial charge is 0.407 e. The van der Waals surface area contributed by atoms with Crippen LogP contribution >= 0.6 is 0 Å². The number of carbonyl (C=O) groups excluding carboxylic acids is 3. The number of hydrogen-bond acceptors (Lipinski definition) is 5. The molecule has 218 valence electrons. The molecule has 6 nitrogen and oxygen atoms in total. The second-order valence-corrected chi connectivity index (χ2v) is 12.3. The molecule has 0 aliphatic heterocycles. The van der Waals surface area contributed by atoms with Crippen molar-refractivity contribution in [1.82, 2.24) is 5.32 Å². The maximum Gasteiger partial charge on any atom is 0.407 e. The predicted octanol–water partition coefficient (Wildman–Crippen LogP) is 7.82. The average Bonchev–Trinajstić information content (AvgIpc) is 2.90. The second kappa shape index (κ2) is 13.8. The molecule has 2 rings (SSSR count).